The second-order valence-corrected chi connectivity index (χ2v) is 4.68. The predicted octanol–water partition coefficient (Wildman–Crippen LogP) is 3.67. The molecule has 0 spiro atoms. The third-order valence-corrected chi connectivity index (χ3v) is 3.22. The highest BCUT2D eigenvalue weighted by molar-refractivity contribution is 6.42. The van der Waals surface area contributed by atoms with Crippen molar-refractivity contribution >= 4 is 29.1 Å². The zero-order valence-electron chi connectivity index (χ0n) is 9.45. The first-order valence-electron chi connectivity index (χ1n) is 5.38. The molecule has 2 aromatic rings. The minimum atomic E-state index is -0.345. The number of halogens is 2. The van der Waals surface area contributed by atoms with Gasteiger partial charge in [-0.1, -0.05) is 23.2 Å². The predicted molar refractivity (Wildman–Crippen MR) is 71.7 cm³/mol. The maximum absolute atomic E-state index is 10.7. The van der Waals surface area contributed by atoms with Gasteiger partial charge in [-0.2, -0.15) is 0 Å². The molecule has 0 radical (unpaired) electrons. The summed E-state index contributed by atoms with van der Waals surface area (Å²) in [6.45, 7) is 0. The number of aryl methyl sites for hydroxylation is 1. The molecule has 3 nitrogen and oxygen atoms in total. The van der Waals surface area contributed by atoms with E-state index < -0.39 is 0 Å². The summed E-state index contributed by atoms with van der Waals surface area (Å²) in [5, 5.41) is 0.977. The molecule has 0 aliphatic rings. The van der Waals surface area contributed by atoms with Crippen LogP contribution in [0.15, 0.2) is 34.7 Å². The fraction of sp³-hybridized carbons (Fsp3) is 0.154. The highest BCUT2D eigenvalue weighted by Gasteiger charge is 2.07. The van der Waals surface area contributed by atoms with E-state index in [4.69, 9.17) is 33.4 Å². The Morgan fingerprint density at radius 2 is 1.94 bits per heavy atom. The lowest BCUT2D eigenvalue weighted by molar-refractivity contribution is -0.118. The number of hydrogen-bond donors (Lipinski definition) is 1. The summed E-state index contributed by atoms with van der Waals surface area (Å²) in [6.07, 6.45) is 0.769. The minimum Gasteiger partial charge on any atom is -0.461 e. The molecule has 0 bridgehead atoms. The maximum atomic E-state index is 10.7. The number of carbonyl (C=O) groups is 1. The molecule has 0 saturated heterocycles. The van der Waals surface area contributed by atoms with Crippen LogP contribution in [-0.4, -0.2) is 5.91 Å². The lowest BCUT2D eigenvalue weighted by atomic mass is 10.2. The molecule has 0 fully saturated rings. The molecule has 0 unspecified atom stereocenters. The first kappa shape index (κ1) is 13.0. The van der Waals surface area contributed by atoms with E-state index in [1.165, 1.54) is 0 Å². The zero-order valence-corrected chi connectivity index (χ0v) is 11.0. The van der Waals surface area contributed by atoms with Crippen LogP contribution in [0.4, 0.5) is 0 Å². The van der Waals surface area contributed by atoms with Crippen molar-refractivity contribution < 1.29 is 9.21 Å². The molecule has 5 heteroatoms. The Morgan fingerprint density at radius 1 is 1.17 bits per heavy atom. The number of furan rings is 1. The lowest BCUT2D eigenvalue weighted by Gasteiger charge is -2.00. The molecule has 0 aliphatic carbocycles. The fourth-order valence-corrected chi connectivity index (χ4v) is 1.86. The SMILES string of the molecule is NC(=O)CCc1ccc(-c2ccc(Cl)c(Cl)c2)o1. The summed E-state index contributed by atoms with van der Waals surface area (Å²) in [4.78, 5) is 10.7. The van der Waals surface area contributed by atoms with E-state index in [1.54, 1.807) is 12.1 Å². The van der Waals surface area contributed by atoms with Crippen LogP contribution in [0, 0.1) is 0 Å². The van der Waals surface area contributed by atoms with Gasteiger partial charge in [-0.15, -0.1) is 0 Å². The molecule has 2 rings (SSSR count). The molecule has 1 aromatic heterocycles. The second kappa shape index (κ2) is 5.46. The summed E-state index contributed by atoms with van der Waals surface area (Å²) in [6, 6.07) is 8.92. The van der Waals surface area contributed by atoms with E-state index in [1.807, 2.05) is 18.2 Å². The number of rotatable bonds is 4. The van der Waals surface area contributed by atoms with E-state index in [0.717, 1.165) is 11.3 Å². The van der Waals surface area contributed by atoms with Gasteiger partial charge in [0, 0.05) is 18.4 Å². The Kier molecular flexibility index (Phi) is 3.94. The van der Waals surface area contributed by atoms with Crippen molar-refractivity contribution in [2.45, 2.75) is 12.8 Å². The van der Waals surface area contributed by atoms with Gasteiger partial charge in [0.2, 0.25) is 5.91 Å². The Balaban J connectivity index is 2.18. The highest BCUT2D eigenvalue weighted by atomic mass is 35.5. The Hall–Kier alpha value is -1.45. The summed E-state index contributed by atoms with van der Waals surface area (Å²) in [5.74, 6) is 1.06. The van der Waals surface area contributed by atoms with Gasteiger partial charge in [0.25, 0.3) is 0 Å². The summed E-state index contributed by atoms with van der Waals surface area (Å²) in [7, 11) is 0. The van der Waals surface area contributed by atoms with Crippen LogP contribution in [-0.2, 0) is 11.2 Å². The van der Waals surface area contributed by atoms with E-state index in [2.05, 4.69) is 0 Å². The molecule has 2 N–H and O–H groups in total. The van der Waals surface area contributed by atoms with Gasteiger partial charge >= 0.3 is 0 Å². The average molecular weight is 284 g/mol. The number of benzene rings is 1. The van der Waals surface area contributed by atoms with Gasteiger partial charge in [-0.25, -0.2) is 0 Å². The Bertz CT molecular complexity index is 578. The number of primary amides is 1. The van der Waals surface area contributed by atoms with Crippen molar-refractivity contribution in [2.24, 2.45) is 5.73 Å². The first-order valence-corrected chi connectivity index (χ1v) is 6.14. The van der Waals surface area contributed by atoms with Crippen LogP contribution in [0.5, 0.6) is 0 Å². The van der Waals surface area contributed by atoms with Gasteiger partial charge < -0.3 is 10.2 Å². The van der Waals surface area contributed by atoms with Crippen molar-refractivity contribution in [3.8, 4) is 11.3 Å². The van der Waals surface area contributed by atoms with Crippen LogP contribution >= 0.6 is 23.2 Å². The number of amides is 1. The fourth-order valence-electron chi connectivity index (χ4n) is 1.56. The average Bonchev–Trinajstić information content (AvgIpc) is 2.79. The quantitative estimate of drug-likeness (QED) is 0.931. The standard InChI is InChI=1S/C13H11Cl2NO2/c14-10-4-1-8(7-11(10)15)12-5-2-9(18-12)3-6-13(16)17/h1-2,4-5,7H,3,6H2,(H2,16,17). The summed E-state index contributed by atoms with van der Waals surface area (Å²) < 4.78 is 5.61. The third kappa shape index (κ3) is 3.06. The lowest BCUT2D eigenvalue weighted by Crippen LogP contribution is -2.10. The third-order valence-electron chi connectivity index (χ3n) is 2.48. The minimum absolute atomic E-state index is 0.272. The molecule has 0 aliphatic heterocycles. The molecular weight excluding hydrogens is 273 g/mol. The molecule has 1 amide bonds. The maximum Gasteiger partial charge on any atom is 0.217 e. The molecule has 1 heterocycles. The molecular formula is C13H11Cl2NO2. The van der Waals surface area contributed by atoms with Gasteiger partial charge in [0.1, 0.15) is 11.5 Å². The number of nitrogens with two attached hydrogens (primary N) is 1. The molecule has 0 atom stereocenters. The van der Waals surface area contributed by atoms with Crippen molar-refractivity contribution in [3.63, 3.8) is 0 Å². The van der Waals surface area contributed by atoms with E-state index in [9.17, 15) is 4.79 Å². The van der Waals surface area contributed by atoms with Crippen LogP contribution in [0.1, 0.15) is 12.2 Å². The molecule has 94 valence electrons. The Morgan fingerprint density at radius 3 is 2.61 bits per heavy atom. The van der Waals surface area contributed by atoms with Crippen molar-refractivity contribution in [1.82, 2.24) is 0 Å². The van der Waals surface area contributed by atoms with E-state index in [-0.39, 0.29) is 12.3 Å². The van der Waals surface area contributed by atoms with Crippen LogP contribution < -0.4 is 5.73 Å². The highest BCUT2D eigenvalue weighted by Crippen LogP contribution is 2.29. The zero-order chi connectivity index (χ0) is 13.1. The molecule has 1 aromatic carbocycles. The van der Waals surface area contributed by atoms with Crippen LogP contribution in [0.3, 0.4) is 0 Å². The summed E-state index contributed by atoms with van der Waals surface area (Å²) in [5.41, 5.74) is 5.92. The topological polar surface area (TPSA) is 56.2 Å². The van der Waals surface area contributed by atoms with Crippen molar-refractivity contribution in [1.29, 1.82) is 0 Å². The van der Waals surface area contributed by atoms with Crippen LogP contribution in [0.2, 0.25) is 10.0 Å². The normalized spacial score (nSPS) is 10.6. The van der Waals surface area contributed by atoms with Crippen LogP contribution in [0.25, 0.3) is 11.3 Å². The summed E-state index contributed by atoms with van der Waals surface area (Å²) >= 11 is 11.8. The van der Waals surface area contributed by atoms with E-state index in [0.29, 0.717) is 22.2 Å². The smallest absolute Gasteiger partial charge is 0.217 e. The first-order chi connectivity index (χ1) is 8.56. The van der Waals surface area contributed by atoms with Gasteiger partial charge in [-0.3, -0.25) is 4.79 Å². The molecule has 18 heavy (non-hydrogen) atoms. The number of hydrogen-bond acceptors (Lipinski definition) is 2. The molecule has 0 saturated carbocycles. The monoisotopic (exact) mass is 283 g/mol. The number of carbonyl (C=O) groups excluding carboxylic acids is 1. The second-order valence-electron chi connectivity index (χ2n) is 3.86. The van der Waals surface area contributed by atoms with Gasteiger partial charge in [0.15, 0.2) is 0 Å². The van der Waals surface area contributed by atoms with Crippen molar-refractivity contribution in [3.05, 3.63) is 46.1 Å². The Labute approximate surface area is 114 Å². The van der Waals surface area contributed by atoms with Gasteiger partial charge in [-0.05, 0) is 30.3 Å². The van der Waals surface area contributed by atoms with E-state index >= 15 is 0 Å². The van der Waals surface area contributed by atoms with Gasteiger partial charge in [0.05, 0.1) is 10.0 Å². The largest absolute Gasteiger partial charge is 0.461 e. The van der Waals surface area contributed by atoms with Crippen molar-refractivity contribution in [2.75, 3.05) is 0 Å².